The highest BCUT2D eigenvalue weighted by Gasteiger charge is 2.53. The largest absolute Gasteiger partial charge is 0.496 e. The number of carbonyl (C=O) groups is 3. The zero-order valence-corrected chi connectivity index (χ0v) is 22.0. The number of benzene rings is 2. The van der Waals surface area contributed by atoms with Gasteiger partial charge < -0.3 is 24.8 Å². The van der Waals surface area contributed by atoms with E-state index in [1.54, 1.807) is 23.5 Å². The van der Waals surface area contributed by atoms with Crippen LogP contribution in [0.25, 0.3) is 0 Å². The Morgan fingerprint density at radius 1 is 1.05 bits per heavy atom. The molecule has 2 N–H and O–H groups in total. The Balaban J connectivity index is 1.34. The summed E-state index contributed by atoms with van der Waals surface area (Å²) in [6, 6.07) is 15.5. The van der Waals surface area contributed by atoms with Gasteiger partial charge in [-0.2, -0.15) is 0 Å². The lowest BCUT2D eigenvalue weighted by Crippen LogP contribution is -2.64. The number of nitrogens with zero attached hydrogens (tertiary/aromatic N) is 3. The van der Waals surface area contributed by atoms with Crippen molar-refractivity contribution in [3.05, 3.63) is 82.9 Å². The number of aryl methyl sites for hydroxylation is 1. The lowest BCUT2D eigenvalue weighted by atomic mass is 9.93. The molecule has 1 saturated carbocycles. The molecule has 5 rings (SSSR count). The standard InChI is InChI=1S/C29H33N5O4/c1-4-19-9-11-20(12-10-19)15-30-26(35)24-25-27(36)34(22-13-14-22)29(2,17-33(25)18-32-24)28(37)31-16-21-7-5-6-8-23(21)38-3/h5-12,18,22H,4,13-17H2,1-3H3,(H,30,35)(H,31,37)/t29-/m0/s1. The van der Waals surface area contributed by atoms with Crippen LogP contribution >= 0.6 is 0 Å². The minimum Gasteiger partial charge on any atom is -0.496 e. The van der Waals surface area contributed by atoms with E-state index in [0.717, 1.165) is 30.4 Å². The number of hydrogen-bond acceptors (Lipinski definition) is 5. The van der Waals surface area contributed by atoms with Crippen molar-refractivity contribution >= 4 is 17.7 Å². The molecule has 0 unspecified atom stereocenters. The molecule has 1 fully saturated rings. The molecule has 1 aliphatic carbocycles. The fourth-order valence-electron chi connectivity index (χ4n) is 5.10. The molecule has 0 spiro atoms. The maximum absolute atomic E-state index is 13.8. The maximum atomic E-state index is 13.8. The number of methoxy groups -OCH3 is 1. The number of carbonyl (C=O) groups excluding carboxylic acids is 3. The number of para-hydroxylation sites is 1. The number of rotatable bonds is 9. The molecule has 2 aliphatic rings. The fourth-order valence-corrected chi connectivity index (χ4v) is 5.10. The van der Waals surface area contributed by atoms with Gasteiger partial charge in [0, 0.05) is 24.7 Å². The predicted molar refractivity (Wildman–Crippen MR) is 142 cm³/mol. The molecule has 1 aliphatic heterocycles. The number of amides is 3. The molecule has 9 heteroatoms. The van der Waals surface area contributed by atoms with Crippen LogP contribution in [0.4, 0.5) is 0 Å². The van der Waals surface area contributed by atoms with E-state index in [2.05, 4.69) is 22.5 Å². The first-order valence-electron chi connectivity index (χ1n) is 13.0. The summed E-state index contributed by atoms with van der Waals surface area (Å²) in [6.07, 6.45) is 4.08. The Labute approximate surface area is 222 Å². The van der Waals surface area contributed by atoms with Crippen molar-refractivity contribution in [2.75, 3.05) is 7.11 Å². The Bertz CT molecular complexity index is 1360. The van der Waals surface area contributed by atoms with Crippen molar-refractivity contribution in [2.24, 2.45) is 0 Å². The predicted octanol–water partition coefficient (Wildman–Crippen LogP) is 3.08. The molecule has 0 radical (unpaired) electrons. The van der Waals surface area contributed by atoms with Crippen LogP contribution in [-0.2, 0) is 30.8 Å². The second-order valence-corrected chi connectivity index (χ2v) is 10.1. The van der Waals surface area contributed by atoms with E-state index in [1.807, 2.05) is 48.5 Å². The van der Waals surface area contributed by atoms with Crippen LogP contribution in [0.15, 0.2) is 54.9 Å². The highest BCUT2D eigenvalue weighted by atomic mass is 16.5. The van der Waals surface area contributed by atoms with Crippen LogP contribution in [0.2, 0.25) is 0 Å². The van der Waals surface area contributed by atoms with E-state index in [1.165, 1.54) is 11.9 Å². The molecule has 0 saturated heterocycles. The summed E-state index contributed by atoms with van der Waals surface area (Å²) in [5, 5.41) is 5.88. The topological polar surface area (TPSA) is 106 Å². The zero-order chi connectivity index (χ0) is 26.9. The van der Waals surface area contributed by atoms with Crippen LogP contribution in [0.5, 0.6) is 5.75 Å². The number of nitrogens with one attached hydrogen (secondary N) is 2. The summed E-state index contributed by atoms with van der Waals surface area (Å²) in [5.74, 6) is -0.328. The van der Waals surface area contributed by atoms with E-state index < -0.39 is 11.4 Å². The van der Waals surface area contributed by atoms with Gasteiger partial charge >= 0.3 is 0 Å². The van der Waals surface area contributed by atoms with Gasteiger partial charge in [0.15, 0.2) is 5.69 Å². The van der Waals surface area contributed by atoms with Crippen LogP contribution in [0.3, 0.4) is 0 Å². The smallest absolute Gasteiger partial charge is 0.274 e. The lowest BCUT2D eigenvalue weighted by Gasteiger charge is -2.44. The average molecular weight is 516 g/mol. The summed E-state index contributed by atoms with van der Waals surface area (Å²) in [4.78, 5) is 46.4. The Hall–Kier alpha value is -4.14. The van der Waals surface area contributed by atoms with Gasteiger partial charge in [-0.1, -0.05) is 49.4 Å². The molecule has 1 atom stereocenters. The SMILES string of the molecule is CCc1ccc(CNC(=O)c2ncn3c2C(=O)N(C2CC2)[C@](C)(C(=O)NCc2ccccc2OC)C3)cc1. The molecular weight excluding hydrogens is 482 g/mol. The van der Waals surface area contributed by atoms with Crippen molar-refractivity contribution in [2.45, 2.75) is 64.3 Å². The minimum atomic E-state index is -1.12. The molecule has 2 aromatic carbocycles. The number of fused-ring (bicyclic) bond motifs is 1. The van der Waals surface area contributed by atoms with E-state index in [0.29, 0.717) is 12.3 Å². The molecule has 198 valence electrons. The molecule has 38 heavy (non-hydrogen) atoms. The summed E-state index contributed by atoms with van der Waals surface area (Å²) < 4.78 is 7.03. The van der Waals surface area contributed by atoms with Gasteiger partial charge in [-0.15, -0.1) is 0 Å². The Morgan fingerprint density at radius 3 is 2.45 bits per heavy atom. The highest BCUT2D eigenvalue weighted by molar-refractivity contribution is 6.07. The molecule has 1 aromatic heterocycles. The van der Waals surface area contributed by atoms with Gasteiger partial charge in [0.1, 0.15) is 17.0 Å². The average Bonchev–Trinajstić information content (AvgIpc) is 3.68. The van der Waals surface area contributed by atoms with Gasteiger partial charge in [-0.3, -0.25) is 14.4 Å². The minimum absolute atomic E-state index is 0.0406. The lowest BCUT2D eigenvalue weighted by molar-refractivity contribution is -0.133. The molecule has 2 heterocycles. The van der Waals surface area contributed by atoms with Crippen molar-refractivity contribution < 1.29 is 19.1 Å². The van der Waals surface area contributed by atoms with E-state index in [4.69, 9.17) is 4.74 Å². The van der Waals surface area contributed by atoms with Gasteiger partial charge in [0.2, 0.25) is 5.91 Å². The van der Waals surface area contributed by atoms with Crippen LogP contribution in [0.1, 0.15) is 64.4 Å². The quantitative estimate of drug-likeness (QED) is 0.456. The summed E-state index contributed by atoms with van der Waals surface area (Å²) in [5.41, 5.74) is 2.23. The monoisotopic (exact) mass is 515 g/mol. The Morgan fingerprint density at radius 2 is 1.76 bits per heavy atom. The summed E-state index contributed by atoms with van der Waals surface area (Å²) in [7, 11) is 1.59. The van der Waals surface area contributed by atoms with Crippen molar-refractivity contribution in [1.29, 1.82) is 0 Å². The van der Waals surface area contributed by atoms with Crippen molar-refractivity contribution in [3.63, 3.8) is 0 Å². The molecule has 3 amide bonds. The number of hydrogen-bond donors (Lipinski definition) is 2. The summed E-state index contributed by atoms with van der Waals surface area (Å²) >= 11 is 0. The van der Waals surface area contributed by atoms with E-state index >= 15 is 0 Å². The second-order valence-electron chi connectivity index (χ2n) is 10.1. The first-order chi connectivity index (χ1) is 18.4. The van der Waals surface area contributed by atoms with Crippen LogP contribution in [0, 0.1) is 0 Å². The molecular formula is C29H33N5O4. The van der Waals surface area contributed by atoms with Crippen molar-refractivity contribution in [1.82, 2.24) is 25.1 Å². The van der Waals surface area contributed by atoms with Crippen LogP contribution < -0.4 is 15.4 Å². The number of imidazole rings is 1. The fraction of sp³-hybridized carbons (Fsp3) is 0.379. The zero-order valence-electron chi connectivity index (χ0n) is 22.0. The van der Waals surface area contributed by atoms with Crippen molar-refractivity contribution in [3.8, 4) is 5.75 Å². The van der Waals surface area contributed by atoms with Gasteiger partial charge in [0.05, 0.1) is 20.0 Å². The normalized spacial score (nSPS) is 18.6. The maximum Gasteiger partial charge on any atom is 0.274 e. The van der Waals surface area contributed by atoms with Gasteiger partial charge in [0.25, 0.3) is 11.8 Å². The molecule has 3 aromatic rings. The first kappa shape index (κ1) is 25.5. The first-order valence-corrected chi connectivity index (χ1v) is 13.0. The molecule has 0 bridgehead atoms. The third-order valence-corrected chi connectivity index (χ3v) is 7.40. The Kier molecular flexibility index (Phi) is 6.93. The third-order valence-electron chi connectivity index (χ3n) is 7.40. The third kappa shape index (κ3) is 4.76. The highest BCUT2D eigenvalue weighted by Crippen LogP contribution is 2.39. The summed E-state index contributed by atoms with van der Waals surface area (Å²) in [6.45, 7) is 4.69. The van der Waals surface area contributed by atoms with Gasteiger partial charge in [-0.05, 0) is 43.4 Å². The van der Waals surface area contributed by atoms with Crippen LogP contribution in [-0.4, -0.2) is 50.9 Å². The second kappa shape index (κ2) is 10.3. The number of ether oxygens (including phenoxy) is 1. The molecule has 9 nitrogen and oxygen atoms in total. The number of aromatic nitrogens is 2. The van der Waals surface area contributed by atoms with E-state index in [-0.39, 0.29) is 42.3 Å². The van der Waals surface area contributed by atoms with E-state index in [9.17, 15) is 14.4 Å². The van der Waals surface area contributed by atoms with Gasteiger partial charge in [-0.25, -0.2) is 4.98 Å².